The molecule has 0 saturated heterocycles. The predicted octanol–water partition coefficient (Wildman–Crippen LogP) is 7.23. The molecule has 2 aromatic rings. The fraction of sp³-hybridized carbons (Fsp3) is 0.143. The van der Waals surface area contributed by atoms with E-state index in [9.17, 15) is 37.0 Å². The molecule has 0 N–H and O–H groups in total. The van der Waals surface area contributed by atoms with Crippen molar-refractivity contribution in [1.29, 1.82) is 0 Å². The highest BCUT2D eigenvalue weighted by atomic mass is 32.5. The molecular formula is C14H9F9S. The molecule has 24 heavy (non-hydrogen) atoms. The summed E-state index contributed by atoms with van der Waals surface area (Å²) in [4.78, 5) is -2.43. The largest absolute Gasteiger partial charge is 0.339 e. The van der Waals surface area contributed by atoms with E-state index in [1.54, 1.807) is 0 Å². The normalized spacial score (nSPS) is 16.4. The summed E-state index contributed by atoms with van der Waals surface area (Å²) in [7, 11) is -10.1. The fourth-order valence-corrected chi connectivity index (χ4v) is 2.58. The number of halogens is 9. The number of alkyl halides is 4. The van der Waals surface area contributed by atoms with Gasteiger partial charge in [-0.15, -0.1) is 0 Å². The van der Waals surface area contributed by atoms with Gasteiger partial charge in [-0.2, -0.15) is 17.6 Å². The van der Waals surface area contributed by atoms with Crippen molar-refractivity contribution in [2.24, 2.45) is 0 Å². The third-order valence-electron chi connectivity index (χ3n) is 3.19. The molecule has 0 heterocycles. The number of hydrogen-bond acceptors (Lipinski definition) is 0. The van der Waals surface area contributed by atoms with Crippen LogP contribution in [0.2, 0.25) is 0 Å². The first-order valence-electron chi connectivity index (χ1n) is 6.21. The maximum absolute atomic E-state index is 14.0. The Morgan fingerprint density at radius 3 is 1.29 bits per heavy atom. The van der Waals surface area contributed by atoms with E-state index in [-0.39, 0.29) is 24.3 Å². The van der Waals surface area contributed by atoms with Gasteiger partial charge in [0.15, 0.2) is 0 Å². The molecule has 2 rings (SSSR count). The summed E-state index contributed by atoms with van der Waals surface area (Å²) in [6, 6.07) is 4.09. The molecule has 0 amide bonds. The van der Waals surface area contributed by atoms with Crippen LogP contribution in [0.4, 0.5) is 37.0 Å². The second-order valence-corrected chi connectivity index (χ2v) is 7.42. The van der Waals surface area contributed by atoms with E-state index in [0.29, 0.717) is 0 Å². The lowest BCUT2D eigenvalue weighted by molar-refractivity contribution is -0.223. The van der Waals surface area contributed by atoms with Gasteiger partial charge in [0.25, 0.3) is 0 Å². The lowest BCUT2D eigenvalue weighted by Gasteiger charge is -2.40. The minimum absolute atomic E-state index is 0.0793. The summed E-state index contributed by atoms with van der Waals surface area (Å²) in [6.45, 7) is 0. The van der Waals surface area contributed by atoms with E-state index in [1.807, 2.05) is 0 Å². The Labute approximate surface area is 130 Å². The molecule has 2 aromatic carbocycles. The lowest BCUT2D eigenvalue weighted by Crippen LogP contribution is -2.35. The van der Waals surface area contributed by atoms with Gasteiger partial charge in [-0.3, -0.25) is 0 Å². The molecule has 0 atom stereocenters. The maximum Gasteiger partial charge on any atom is 0.339 e. The summed E-state index contributed by atoms with van der Waals surface area (Å²) < 4.78 is 119. The molecule has 0 aliphatic carbocycles. The summed E-state index contributed by atoms with van der Waals surface area (Å²) >= 11 is 0. The van der Waals surface area contributed by atoms with Crippen LogP contribution in [-0.4, -0.2) is 0 Å². The van der Waals surface area contributed by atoms with Crippen LogP contribution in [-0.2, 0) is 11.8 Å². The Hall–Kier alpha value is -1.84. The summed E-state index contributed by atoms with van der Waals surface area (Å²) in [5.74, 6) is -9.64. The van der Waals surface area contributed by atoms with Crippen molar-refractivity contribution >= 4 is 10.2 Å². The van der Waals surface area contributed by atoms with Crippen LogP contribution in [0, 0.1) is 0 Å². The zero-order valence-electron chi connectivity index (χ0n) is 11.5. The van der Waals surface area contributed by atoms with Crippen LogP contribution in [0.25, 0.3) is 0 Å². The highest BCUT2D eigenvalue weighted by Crippen LogP contribution is 3.02. The first-order chi connectivity index (χ1) is 10.6. The van der Waals surface area contributed by atoms with E-state index < -0.39 is 38.1 Å². The Bertz CT molecular complexity index is 734. The van der Waals surface area contributed by atoms with Crippen molar-refractivity contribution in [2.45, 2.75) is 16.7 Å². The fourth-order valence-electron chi connectivity index (χ4n) is 1.93. The zero-order valence-corrected chi connectivity index (χ0v) is 12.3. The van der Waals surface area contributed by atoms with Gasteiger partial charge in [-0.1, -0.05) is 61.9 Å². The quantitative estimate of drug-likeness (QED) is 0.491. The van der Waals surface area contributed by atoms with Crippen LogP contribution >= 0.6 is 10.2 Å². The van der Waals surface area contributed by atoms with E-state index in [2.05, 4.69) is 0 Å². The number of benzene rings is 2. The molecule has 0 nitrogen and oxygen atoms in total. The van der Waals surface area contributed by atoms with Gasteiger partial charge >= 0.3 is 22.1 Å². The minimum Gasteiger partial charge on any atom is -0.194 e. The Kier molecular flexibility index (Phi) is 3.56. The van der Waals surface area contributed by atoms with Gasteiger partial charge in [-0.25, -0.2) is 0 Å². The number of hydrogen-bond donors (Lipinski definition) is 0. The first-order valence-corrected chi connectivity index (χ1v) is 8.16. The predicted molar refractivity (Wildman–Crippen MR) is 72.1 cm³/mol. The molecule has 0 aromatic heterocycles. The molecule has 0 fully saturated rings. The monoisotopic (exact) mass is 380 g/mol. The SMILES string of the molecule is FC(F)(c1ccccc1)C(F)(F)c1ccc(S(F)(F)(F)(F)F)cc1. The molecule has 134 valence electrons. The summed E-state index contributed by atoms with van der Waals surface area (Å²) in [6.07, 6.45) is 0. The smallest absolute Gasteiger partial charge is 0.194 e. The third-order valence-corrected chi connectivity index (χ3v) is 4.36. The third kappa shape index (κ3) is 3.33. The van der Waals surface area contributed by atoms with Crippen LogP contribution in [0.15, 0.2) is 59.5 Å². The minimum atomic E-state index is -10.1. The van der Waals surface area contributed by atoms with Crippen molar-refractivity contribution in [3.8, 4) is 0 Å². The Morgan fingerprint density at radius 2 is 0.917 bits per heavy atom. The van der Waals surface area contributed by atoms with Crippen molar-refractivity contribution < 1.29 is 37.0 Å². The van der Waals surface area contributed by atoms with Crippen molar-refractivity contribution in [3.05, 3.63) is 65.7 Å². The van der Waals surface area contributed by atoms with E-state index in [1.165, 1.54) is 6.07 Å². The van der Waals surface area contributed by atoms with E-state index >= 15 is 0 Å². The van der Waals surface area contributed by atoms with Gasteiger partial charge in [0.2, 0.25) is 0 Å². The summed E-state index contributed by atoms with van der Waals surface area (Å²) in [5.41, 5.74) is -2.58. The molecule has 0 radical (unpaired) electrons. The average molecular weight is 380 g/mol. The standard InChI is InChI=1S/C14H9F9S/c15-13(16,10-4-2-1-3-5-10)14(17,18)11-6-8-12(9-7-11)24(19,20,21,22)23/h1-9H. The first kappa shape index (κ1) is 18.5. The Balaban J connectivity index is 2.48. The van der Waals surface area contributed by atoms with Crippen LogP contribution in [0.3, 0.4) is 0 Å². The Morgan fingerprint density at radius 1 is 0.542 bits per heavy atom. The molecule has 10 heteroatoms. The van der Waals surface area contributed by atoms with Crippen LogP contribution < -0.4 is 0 Å². The maximum atomic E-state index is 14.0. The summed E-state index contributed by atoms with van der Waals surface area (Å²) in [5, 5.41) is 0. The van der Waals surface area contributed by atoms with E-state index in [0.717, 1.165) is 24.3 Å². The average Bonchev–Trinajstić information content (AvgIpc) is 2.46. The molecule has 0 bridgehead atoms. The number of rotatable bonds is 4. The highest BCUT2D eigenvalue weighted by molar-refractivity contribution is 8.45. The van der Waals surface area contributed by atoms with Gasteiger partial charge in [0.05, 0.1) is 0 Å². The molecule has 0 saturated carbocycles. The van der Waals surface area contributed by atoms with Gasteiger partial charge in [0.1, 0.15) is 4.90 Å². The lowest BCUT2D eigenvalue weighted by atomic mass is 9.96. The molecule has 0 aliphatic rings. The second-order valence-electron chi connectivity index (χ2n) is 5.01. The van der Waals surface area contributed by atoms with Gasteiger partial charge in [0, 0.05) is 11.1 Å². The van der Waals surface area contributed by atoms with Gasteiger partial charge in [-0.05, 0) is 12.1 Å². The van der Waals surface area contributed by atoms with Crippen molar-refractivity contribution in [2.75, 3.05) is 0 Å². The van der Waals surface area contributed by atoms with Crippen LogP contribution in [0.5, 0.6) is 0 Å². The highest BCUT2D eigenvalue weighted by Gasteiger charge is 2.65. The van der Waals surface area contributed by atoms with Gasteiger partial charge < -0.3 is 0 Å². The van der Waals surface area contributed by atoms with E-state index in [4.69, 9.17) is 0 Å². The second kappa shape index (κ2) is 4.62. The molecule has 0 spiro atoms. The van der Waals surface area contributed by atoms with Crippen molar-refractivity contribution in [3.63, 3.8) is 0 Å². The zero-order chi connectivity index (χ0) is 18.5. The van der Waals surface area contributed by atoms with Crippen LogP contribution in [0.1, 0.15) is 11.1 Å². The molecule has 0 aliphatic heterocycles. The molecular weight excluding hydrogens is 371 g/mol. The van der Waals surface area contributed by atoms with Crippen molar-refractivity contribution in [1.82, 2.24) is 0 Å². The molecule has 0 unspecified atom stereocenters. The topological polar surface area (TPSA) is 0 Å².